The number of carbonyl (C=O) groups excluding carboxylic acids is 1. The SMILES string of the molecule is O=C(Nc1ccc2ccccc2c1)c1ccc([N+](=O)[O-])cc1. The molecular formula is C17H12N2O3. The highest BCUT2D eigenvalue weighted by molar-refractivity contribution is 6.05. The van der Waals surface area contributed by atoms with Crippen molar-refractivity contribution in [2.24, 2.45) is 0 Å². The minimum Gasteiger partial charge on any atom is -0.322 e. The lowest BCUT2D eigenvalue weighted by molar-refractivity contribution is -0.384. The lowest BCUT2D eigenvalue weighted by Gasteiger charge is -2.06. The van der Waals surface area contributed by atoms with Crippen LogP contribution in [0.1, 0.15) is 10.4 Å². The number of benzene rings is 3. The van der Waals surface area contributed by atoms with Crippen LogP contribution in [0.5, 0.6) is 0 Å². The maximum absolute atomic E-state index is 12.2. The molecule has 0 saturated carbocycles. The summed E-state index contributed by atoms with van der Waals surface area (Å²) in [7, 11) is 0. The second kappa shape index (κ2) is 5.65. The Kier molecular flexibility index (Phi) is 3.53. The maximum atomic E-state index is 12.2. The van der Waals surface area contributed by atoms with Crippen LogP contribution in [0.4, 0.5) is 11.4 Å². The van der Waals surface area contributed by atoms with Crippen LogP contribution >= 0.6 is 0 Å². The van der Waals surface area contributed by atoms with E-state index in [9.17, 15) is 14.9 Å². The first-order valence-corrected chi connectivity index (χ1v) is 6.68. The Morgan fingerprint density at radius 1 is 0.909 bits per heavy atom. The number of fused-ring (bicyclic) bond motifs is 1. The van der Waals surface area contributed by atoms with Gasteiger partial charge in [-0.25, -0.2) is 0 Å². The van der Waals surface area contributed by atoms with E-state index >= 15 is 0 Å². The number of carbonyl (C=O) groups is 1. The fourth-order valence-corrected chi connectivity index (χ4v) is 2.20. The number of amides is 1. The van der Waals surface area contributed by atoms with Crippen molar-refractivity contribution in [1.29, 1.82) is 0 Å². The van der Waals surface area contributed by atoms with E-state index in [0.29, 0.717) is 11.3 Å². The monoisotopic (exact) mass is 292 g/mol. The smallest absolute Gasteiger partial charge is 0.269 e. The van der Waals surface area contributed by atoms with Gasteiger partial charge in [0.05, 0.1) is 4.92 Å². The van der Waals surface area contributed by atoms with E-state index in [2.05, 4.69) is 5.32 Å². The van der Waals surface area contributed by atoms with Crippen LogP contribution in [0.15, 0.2) is 66.7 Å². The van der Waals surface area contributed by atoms with E-state index in [1.807, 2.05) is 42.5 Å². The molecule has 0 unspecified atom stereocenters. The van der Waals surface area contributed by atoms with Gasteiger partial charge in [0.25, 0.3) is 11.6 Å². The van der Waals surface area contributed by atoms with Crippen LogP contribution in [0.2, 0.25) is 0 Å². The Morgan fingerprint density at radius 2 is 1.59 bits per heavy atom. The van der Waals surface area contributed by atoms with Gasteiger partial charge < -0.3 is 5.32 Å². The van der Waals surface area contributed by atoms with Gasteiger partial charge >= 0.3 is 0 Å². The molecule has 3 rings (SSSR count). The van der Waals surface area contributed by atoms with E-state index in [-0.39, 0.29) is 11.6 Å². The van der Waals surface area contributed by atoms with E-state index in [4.69, 9.17) is 0 Å². The first kappa shape index (κ1) is 13.8. The maximum Gasteiger partial charge on any atom is 0.269 e. The highest BCUT2D eigenvalue weighted by Gasteiger charge is 2.09. The van der Waals surface area contributed by atoms with Crippen LogP contribution in [0, 0.1) is 10.1 Å². The molecule has 5 nitrogen and oxygen atoms in total. The van der Waals surface area contributed by atoms with Crippen LogP contribution in [0.3, 0.4) is 0 Å². The molecule has 1 N–H and O–H groups in total. The average molecular weight is 292 g/mol. The third kappa shape index (κ3) is 2.78. The lowest BCUT2D eigenvalue weighted by atomic mass is 10.1. The predicted octanol–water partition coefficient (Wildman–Crippen LogP) is 4.00. The Morgan fingerprint density at radius 3 is 2.27 bits per heavy atom. The molecule has 3 aromatic rings. The van der Waals surface area contributed by atoms with Gasteiger partial charge in [-0.3, -0.25) is 14.9 Å². The first-order valence-electron chi connectivity index (χ1n) is 6.68. The summed E-state index contributed by atoms with van der Waals surface area (Å²) in [5.74, 6) is -0.301. The zero-order valence-electron chi connectivity index (χ0n) is 11.5. The summed E-state index contributed by atoms with van der Waals surface area (Å²) < 4.78 is 0. The molecule has 0 aliphatic heterocycles. The second-order valence-corrected chi connectivity index (χ2v) is 4.82. The van der Waals surface area contributed by atoms with E-state index in [1.165, 1.54) is 24.3 Å². The highest BCUT2D eigenvalue weighted by atomic mass is 16.6. The summed E-state index contributed by atoms with van der Waals surface area (Å²) >= 11 is 0. The van der Waals surface area contributed by atoms with Gasteiger partial charge in [-0.1, -0.05) is 30.3 Å². The van der Waals surface area contributed by atoms with E-state index in [0.717, 1.165) is 10.8 Å². The lowest BCUT2D eigenvalue weighted by Crippen LogP contribution is -2.11. The van der Waals surface area contributed by atoms with Crippen LogP contribution in [0.25, 0.3) is 10.8 Å². The van der Waals surface area contributed by atoms with E-state index in [1.54, 1.807) is 0 Å². The molecule has 5 heteroatoms. The molecule has 0 aromatic heterocycles. The van der Waals surface area contributed by atoms with Crippen molar-refractivity contribution in [3.05, 3.63) is 82.4 Å². The van der Waals surface area contributed by atoms with Crippen LogP contribution in [-0.4, -0.2) is 10.8 Å². The topological polar surface area (TPSA) is 72.2 Å². The third-order valence-corrected chi connectivity index (χ3v) is 3.35. The van der Waals surface area contributed by atoms with Crippen LogP contribution in [-0.2, 0) is 0 Å². The number of nitro benzene ring substituents is 1. The van der Waals surface area contributed by atoms with Gasteiger partial charge in [0.15, 0.2) is 0 Å². The molecule has 0 bridgehead atoms. The zero-order valence-corrected chi connectivity index (χ0v) is 11.5. The van der Waals surface area contributed by atoms with Crippen molar-refractivity contribution in [2.45, 2.75) is 0 Å². The van der Waals surface area contributed by atoms with Gasteiger partial charge in [-0.15, -0.1) is 0 Å². The molecular weight excluding hydrogens is 280 g/mol. The zero-order chi connectivity index (χ0) is 15.5. The number of nitro groups is 1. The molecule has 0 radical (unpaired) electrons. The summed E-state index contributed by atoms with van der Waals surface area (Å²) in [5, 5.41) is 15.5. The van der Waals surface area contributed by atoms with Crippen LogP contribution < -0.4 is 5.32 Å². The summed E-state index contributed by atoms with van der Waals surface area (Å²) in [6.07, 6.45) is 0. The standard InChI is InChI=1S/C17H12N2O3/c20-17(13-6-9-16(10-7-13)19(21)22)18-15-8-5-12-3-1-2-4-14(12)11-15/h1-11H,(H,18,20). The normalized spacial score (nSPS) is 10.4. The van der Waals surface area contributed by atoms with Crippen molar-refractivity contribution in [3.8, 4) is 0 Å². The van der Waals surface area contributed by atoms with Gasteiger partial charge in [-0.2, -0.15) is 0 Å². The number of nitrogens with one attached hydrogen (secondary N) is 1. The number of nitrogens with zero attached hydrogens (tertiary/aromatic N) is 1. The first-order chi connectivity index (χ1) is 10.6. The Balaban J connectivity index is 1.81. The third-order valence-electron chi connectivity index (χ3n) is 3.35. The molecule has 108 valence electrons. The molecule has 0 fully saturated rings. The van der Waals surface area contributed by atoms with Gasteiger partial charge in [0, 0.05) is 23.4 Å². The van der Waals surface area contributed by atoms with Crippen molar-refractivity contribution < 1.29 is 9.72 Å². The molecule has 0 saturated heterocycles. The molecule has 0 aliphatic rings. The van der Waals surface area contributed by atoms with Gasteiger partial charge in [0.2, 0.25) is 0 Å². The quantitative estimate of drug-likeness (QED) is 0.585. The largest absolute Gasteiger partial charge is 0.322 e. The Labute approximate surface area is 126 Å². The Bertz CT molecular complexity index is 857. The number of anilines is 1. The van der Waals surface area contributed by atoms with E-state index < -0.39 is 4.92 Å². The Hall–Kier alpha value is -3.21. The average Bonchev–Trinajstić information content (AvgIpc) is 2.55. The molecule has 1 amide bonds. The molecule has 0 aliphatic carbocycles. The molecule has 3 aromatic carbocycles. The highest BCUT2D eigenvalue weighted by Crippen LogP contribution is 2.20. The van der Waals surface area contributed by atoms with Crippen molar-refractivity contribution >= 4 is 28.1 Å². The number of hydrogen-bond donors (Lipinski definition) is 1. The minimum atomic E-state index is -0.495. The van der Waals surface area contributed by atoms with Crippen molar-refractivity contribution in [2.75, 3.05) is 5.32 Å². The van der Waals surface area contributed by atoms with Crippen molar-refractivity contribution in [3.63, 3.8) is 0 Å². The van der Waals surface area contributed by atoms with Gasteiger partial charge in [-0.05, 0) is 35.0 Å². The fraction of sp³-hybridized carbons (Fsp3) is 0. The number of non-ortho nitro benzene ring substituents is 1. The summed E-state index contributed by atoms with van der Waals surface area (Å²) in [6.45, 7) is 0. The predicted molar refractivity (Wildman–Crippen MR) is 85.0 cm³/mol. The summed E-state index contributed by atoms with van der Waals surface area (Å²) in [6, 6.07) is 19.0. The second-order valence-electron chi connectivity index (χ2n) is 4.82. The summed E-state index contributed by atoms with van der Waals surface area (Å²) in [5.41, 5.74) is 1.02. The molecule has 22 heavy (non-hydrogen) atoms. The van der Waals surface area contributed by atoms with Gasteiger partial charge in [0.1, 0.15) is 0 Å². The summed E-state index contributed by atoms with van der Waals surface area (Å²) in [4.78, 5) is 22.3. The molecule has 0 spiro atoms. The molecule has 0 heterocycles. The number of hydrogen-bond acceptors (Lipinski definition) is 3. The minimum absolute atomic E-state index is 0.0396. The number of rotatable bonds is 3. The van der Waals surface area contributed by atoms with Crippen molar-refractivity contribution in [1.82, 2.24) is 0 Å². The molecule has 0 atom stereocenters. The fourth-order valence-electron chi connectivity index (χ4n) is 2.20.